The lowest BCUT2D eigenvalue weighted by Crippen LogP contribution is -2.37. The molecule has 4 heterocycles. The van der Waals surface area contributed by atoms with E-state index >= 15 is 0 Å². The summed E-state index contributed by atoms with van der Waals surface area (Å²) >= 11 is 1.49. The maximum Gasteiger partial charge on any atom is 0.266 e. The zero-order valence-corrected chi connectivity index (χ0v) is 16.4. The quantitative estimate of drug-likeness (QED) is 0.662. The van der Waals surface area contributed by atoms with Gasteiger partial charge >= 0.3 is 0 Å². The molecule has 3 aromatic heterocycles. The van der Waals surface area contributed by atoms with Gasteiger partial charge in [0.15, 0.2) is 0 Å². The van der Waals surface area contributed by atoms with Crippen molar-refractivity contribution in [3.8, 4) is 11.3 Å². The molecule has 0 aromatic carbocycles. The van der Waals surface area contributed by atoms with Crippen LogP contribution in [0.3, 0.4) is 0 Å². The van der Waals surface area contributed by atoms with Gasteiger partial charge in [0.05, 0.1) is 18.3 Å². The van der Waals surface area contributed by atoms with Crippen molar-refractivity contribution in [3.63, 3.8) is 0 Å². The monoisotopic (exact) mass is 394 g/mol. The van der Waals surface area contributed by atoms with Gasteiger partial charge in [0.1, 0.15) is 5.82 Å². The van der Waals surface area contributed by atoms with E-state index in [4.69, 9.17) is 4.98 Å². The molecule has 1 unspecified atom stereocenters. The Hall–Kier alpha value is -2.61. The highest BCUT2D eigenvalue weighted by Gasteiger charge is 2.30. The lowest BCUT2D eigenvalue weighted by Gasteiger charge is -2.24. The Bertz CT molecular complexity index is 1010. The summed E-state index contributed by atoms with van der Waals surface area (Å²) in [5.41, 5.74) is 1.60. The fraction of sp³-hybridized carbons (Fsp3) is 0.450. The van der Waals surface area contributed by atoms with Crippen LogP contribution in [0.1, 0.15) is 43.8 Å². The van der Waals surface area contributed by atoms with Crippen LogP contribution < -0.4 is 10.5 Å². The Morgan fingerprint density at radius 1 is 1.14 bits per heavy atom. The maximum absolute atomic E-state index is 12.4. The van der Waals surface area contributed by atoms with Crippen LogP contribution in [0.2, 0.25) is 0 Å². The standard InChI is InChI=1S/C20H22N6OS/c27-18-9-8-17(15-6-2-10-21-12-15)23-26(18)13-16-7-3-11-25(16)20-22-19(24-28-20)14-4-1-5-14/h2,6,8-10,12,14,16H,1,3-5,7,11,13H2. The van der Waals surface area contributed by atoms with Gasteiger partial charge in [-0.1, -0.05) is 6.42 Å². The molecule has 1 saturated heterocycles. The molecule has 1 aliphatic carbocycles. The second-order valence-corrected chi connectivity index (χ2v) is 8.26. The van der Waals surface area contributed by atoms with Crippen LogP contribution in [0.4, 0.5) is 5.13 Å². The molecule has 2 aliphatic rings. The Balaban J connectivity index is 1.37. The molecule has 1 atom stereocenters. The third-order valence-corrected chi connectivity index (χ3v) is 6.50. The topological polar surface area (TPSA) is 76.8 Å². The molecular weight excluding hydrogens is 372 g/mol. The molecule has 0 amide bonds. The van der Waals surface area contributed by atoms with Gasteiger partial charge in [-0.3, -0.25) is 9.78 Å². The van der Waals surface area contributed by atoms with Crippen molar-refractivity contribution in [1.82, 2.24) is 24.1 Å². The predicted molar refractivity (Wildman–Crippen MR) is 109 cm³/mol. The van der Waals surface area contributed by atoms with E-state index in [-0.39, 0.29) is 11.6 Å². The molecule has 0 N–H and O–H groups in total. The first kappa shape index (κ1) is 17.5. The zero-order valence-electron chi connectivity index (χ0n) is 15.6. The van der Waals surface area contributed by atoms with Crippen LogP contribution in [0.5, 0.6) is 0 Å². The number of aromatic nitrogens is 5. The molecule has 0 bridgehead atoms. The van der Waals surface area contributed by atoms with Crippen LogP contribution in [0, 0.1) is 0 Å². The van der Waals surface area contributed by atoms with Crippen LogP contribution in [-0.2, 0) is 6.54 Å². The highest BCUT2D eigenvalue weighted by molar-refractivity contribution is 7.09. The average molecular weight is 395 g/mol. The summed E-state index contributed by atoms with van der Waals surface area (Å²) < 4.78 is 6.18. The van der Waals surface area contributed by atoms with Gasteiger partial charge in [-0.15, -0.1) is 0 Å². The van der Waals surface area contributed by atoms with E-state index < -0.39 is 0 Å². The lowest BCUT2D eigenvalue weighted by atomic mass is 9.85. The van der Waals surface area contributed by atoms with E-state index in [1.807, 2.05) is 12.1 Å². The van der Waals surface area contributed by atoms with Gasteiger partial charge in [-0.05, 0) is 43.9 Å². The van der Waals surface area contributed by atoms with Gasteiger partial charge in [0, 0.05) is 48.0 Å². The largest absolute Gasteiger partial charge is 0.342 e. The number of hydrogen-bond donors (Lipinski definition) is 0. The molecular formula is C20H22N6OS. The summed E-state index contributed by atoms with van der Waals surface area (Å²) in [5.74, 6) is 1.55. The van der Waals surface area contributed by atoms with Crippen LogP contribution >= 0.6 is 11.5 Å². The van der Waals surface area contributed by atoms with E-state index in [1.165, 1.54) is 30.8 Å². The number of nitrogens with zero attached hydrogens (tertiary/aromatic N) is 6. The third-order valence-electron chi connectivity index (χ3n) is 5.73. The molecule has 28 heavy (non-hydrogen) atoms. The molecule has 2 fully saturated rings. The molecule has 144 valence electrons. The molecule has 7 nitrogen and oxygen atoms in total. The van der Waals surface area contributed by atoms with E-state index in [0.717, 1.165) is 41.6 Å². The first-order valence-corrected chi connectivity index (χ1v) is 10.6. The van der Waals surface area contributed by atoms with Crippen molar-refractivity contribution in [2.75, 3.05) is 11.4 Å². The van der Waals surface area contributed by atoms with Crippen molar-refractivity contribution >= 4 is 16.7 Å². The first-order chi connectivity index (χ1) is 13.8. The Morgan fingerprint density at radius 2 is 2.07 bits per heavy atom. The van der Waals surface area contributed by atoms with Crippen molar-refractivity contribution in [1.29, 1.82) is 0 Å². The first-order valence-electron chi connectivity index (χ1n) is 9.87. The van der Waals surface area contributed by atoms with Crippen molar-refractivity contribution in [2.45, 2.75) is 50.6 Å². The van der Waals surface area contributed by atoms with Gasteiger partial charge in [0.2, 0.25) is 5.13 Å². The highest BCUT2D eigenvalue weighted by Crippen LogP contribution is 2.37. The minimum atomic E-state index is -0.0769. The lowest BCUT2D eigenvalue weighted by molar-refractivity contribution is 0.404. The van der Waals surface area contributed by atoms with E-state index in [0.29, 0.717) is 12.5 Å². The molecule has 3 aromatic rings. The second-order valence-electron chi connectivity index (χ2n) is 7.53. The summed E-state index contributed by atoms with van der Waals surface area (Å²) in [6.45, 7) is 1.52. The smallest absolute Gasteiger partial charge is 0.266 e. The molecule has 1 aliphatic heterocycles. The van der Waals surface area contributed by atoms with E-state index in [1.54, 1.807) is 29.2 Å². The summed E-state index contributed by atoms with van der Waals surface area (Å²) in [4.78, 5) is 23.7. The molecule has 5 rings (SSSR count). The minimum Gasteiger partial charge on any atom is -0.342 e. The third kappa shape index (κ3) is 3.32. The van der Waals surface area contributed by atoms with E-state index in [9.17, 15) is 4.79 Å². The number of pyridine rings is 1. The van der Waals surface area contributed by atoms with Gasteiger partial charge in [-0.2, -0.15) is 9.47 Å². The Morgan fingerprint density at radius 3 is 2.86 bits per heavy atom. The summed E-state index contributed by atoms with van der Waals surface area (Å²) in [7, 11) is 0. The summed E-state index contributed by atoms with van der Waals surface area (Å²) in [6, 6.07) is 7.40. The van der Waals surface area contributed by atoms with Gasteiger partial charge < -0.3 is 4.90 Å². The van der Waals surface area contributed by atoms with Crippen LogP contribution in [0.25, 0.3) is 11.3 Å². The van der Waals surface area contributed by atoms with Crippen molar-refractivity contribution < 1.29 is 0 Å². The summed E-state index contributed by atoms with van der Waals surface area (Å²) in [6.07, 6.45) is 9.33. The number of anilines is 1. The SMILES string of the molecule is O=c1ccc(-c2cccnc2)nn1CC1CCCN1c1nc(C2CCC2)ns1. The van der Waals surface area contributed by atoms with Crippen LogP contribution in [0.15, 0.2) is 41.5 Å². The number of hydrogen-bond acceptors (Lipinski definition) is 7. The Labute approximate surface area is 167 Å². The summed E-state index contributed by atoms with van der Waals surface area (Å²) in [5, 5.41) is 5.58. The highest BCUT2D eigenvalue weighted by atomic mass is 32.1. The molecule has 8 heteroatoms. The number of rotatable bonds is 5. The van der Waals surface area contributed by atoms with Crippen molar-refractivity contribution in [2.24, 2.45) is 0 Å². The predicted octanol–water partition coefficient (Wildman–Crippen LogP) is 3.09. The fourth-order valence-electron chi connectivity index (χ4n) is 3.90. The van der Waals surface area contributed by atoms with Crippen LogP contribution in [-0.4, -0.2) is 36.7 Å². The average Bonchev–Trinajstić information content (AvgIpc) is 3.32. The normalized spacial score (nSPS) is 19.7. The van der Waals surface area contributed by atoms with Crippen molar-refractivity contribution in [3.05, 3.63) is 52.8 Å². The minimum absolute atomic E-state index is 0.0769. The second kappa shape index (κ2) is 7.43. The van der Waals surface area contributed by atoms with Gasteiger partial charge in [0.25, 0.3) is 5.56 Å². The maximum atomic E-state index is 12.4. The van der Waals surface area contributed by atoms with E-state index in [2.05, 4.69) is 19.4 Å². The molecule has 1 saturated carbocycles. The molecule has 0 radical (unpaired) electrons. The zero-order chi connectivity index (χ0) is 18.9. The molecule has 0 spiro atoms. The fourth-order valence-corrected chi connectivity index (χ4v) is 4.74. The van der Waals surface area contributed by atoms with Gasteiger partial charge in [-0.25, -0.2) is 9.67 Å². The Kier molecular flexibility index (Phi) is 4.64.